The summed E-state index contributed by atoms with van der Waals surface area (Å²) in [5, 5.41) is 105. The number of phenolic OH excluding ortho intramolecular Hbond substituents is 8. The van der Waals surface area contributed by atoms with E-state index < -0.39 is 53.2 Å². The highest BCUT2D eigenvalue weighted by Crippen LogP contribution is 2.54. The quantitative estimate of drug-likeness (QED) is 0.159. The lowest BCUT2D eigenvalue weighted by Crippen LogP contribution is -2.31. The summed E-state index contributed by atoms with van der Waals surface area (Å²) in [4.78, 5) is 0. The minimum atomic E-state index is -1.30. The predicted molar refractivity (Wildman–Crippen MR) is 144 cm³/mol. The maximum absolute atomic E-state index is 11.1. The number of hydrogen-bond acceptors (Lipinski definition) is 12. The number of phenols is 8. The van der Waals surface area contributed by atoms with Crippen LogP contribution in [0.25, 0.3) is 11.1 Å². The zero-order valence-electron chi connectivity index (χ0n) is 21.6. The number of rotatable bonds is 3. The van der Waals surface area contributed by atoms with E-state index in [9.17, 15) is 51.1 Å². The fourth-order valence-electron chi connectivity index (χ4n) is 5.56. The molecular formula is C30H26O12. The molecule has 2 aliphatic heterocycles. The lowest BCUT2D eigenvalue weighted by Gasteiger charge is -2.35. The standard InChI is InChI=1S/C30H26O12/c31-12-4-18(33)15-8-25(40)29(41-26(15)5-12)14-7-22(37)21(36)6-13(14)27-23(38)10-19(34)16-9-24(39)28(42-30(16)27)11-1-2-17(32)20(35)3-11/h1-7,10,24-25,28-29,31-40H,8-9H2/t24-,25-,28+,29+/m0/s1. The second-order valence-electron chi connectivity index (χ2n) is 10.3. The molecule has 4 aromatic carbocycles. The third-order valence-electron chi connectivity index (χ3n) is 7.58. The molecule has 0 saturated carbocycles. The van der Waals surface area contributed by atoms with Crippen LogP contribution < -0.4 is 9.47 Å². The van der Waals surface area contributed by atoms with Crippen LogP contribution in [0.3, 0.4) is 0 Å². The molecule has 12 nitrogen and oxygen atoms in total. The fourth-order valence-corrected chi connectivity index (χ4v) is 5.56. The molecule has 10 N–H and O–H groups in total. The smallest absolute Gasteiger partial charge is 0.158 e. The van der Waals surface area contributed by atoms with Crippen molar-refractivity contribution >= 4 is 0 Å². The molecule has 6 rings (SSSR count). The van der Waals surface area contributed by atoms with Crippen molar-refractivity contribution in [2.24, 2.45) is 0 Å². The van der Waals surface area contributed by atoms with Crippen LogP contribution in [0.2, 0.25) is 0 Å². The molecule has 0 aromatic heterocycles. The molecule has 2 heterocycles. The van der Waals surface area contributed by atoms with E-state index in [1.807, 2.05) is 0 Å². The van der Waals surface area contributed by atoms with Gasteiger partial charge in [0.2, 0.25) is 0 Å². The number of aromatic hydroxyl groups is 8. The molecule has 0 unspecified atom stereocenters. The topological polar surface area (TPSA) is 221 Å². The Labute approximate surface area is 237 Å². The van der Waals surface area contributed by atoms with E-state index >= 15 is 0 Å². The van der Waals surface area contributed by atoms with Gasteiger partial charge in [-0.05, 0) is 29.8 Å². The van der Waals surface area contributed by atoms with Crippen LogP contribution in [0.15, 0.2) is 48.5 Å². The summed E-state index contributed by atoms with van der Waals surface area (Å²) in [6.45, 7) is 0. The van der Waals surface area contributed by atoms with Crippen LogP contribution in [-0.2, 0) is 12.8 Å². The van der Waals surface area contributed by atoms with Crippen LogP contribution in [0.5, 0.6) is 57.5 Å². The summed E-state index contributed by atoms with van der Waals surface area (Å²) < 4.78 is 12.1. The number of hydrogen-bond donors (Lipinski definition) is 10. The van der Waals surface area contributed by atoms with Crippen LogP contribution in [0, 0.1) is 0 Å². The Morgan fingerprint density at radius 3 is 1.93 bits per heavy atom. The van der Waals surface area contributed by atoms with Gasteiger partial charge in [0.25, 0.3) is 0 Å². The van der Waals surface area contributed by atoms with Crippen molar-refractivity contribution in [1.29, 1.82) is 0 Å². The summed E-state index contributed by atoms with van der Waals surface area (Å²) in [5.74, 6) is -3.54. The fraction of sp³-hybridized carbons (Fsp3) is 0.200. The predicted octanol–water partition coefficient (Wildman–Crippen LogP) is 3.07. The SMILES string of the molecule is Oc1cc(O)c2c(c1)O[C@H](c1cc(O)c(O)cc1-c1c(O)cc(O)c3c1O[C@H](c1ccc(O)c(O)c1)[C@@H](O)C3)[C@@H](O)C2. The van der Waals surface area contributed by atoms with Crippen molar-refractivity contribution in [3.05, 3.63) is 70.8 Å². The first-order chi connectivity index (χ1) is 19.9. The molecular weight excluding hydrogens is 552 g/mol. The van der Waals surface area contributed by atoms with Gasteiger partial charge in [0.05, 0.1) is 17.8 Å². The normalized spacial score (nSPS) is 21.1. The maximum Gasteiger partial charge on any atom is 0.158 e. The lowest BCUT2D eigenvalue weighted by molar-refractivity contribution is 0.0189. The van der Waals surface area contributed by atoms with Gasteiger partial charge in [0.15, 0.2) is 29.1 Å². The Kier molecular flexibility index (Phi) is 6.24. The summed E-state index contributed by atoms with van der Waals surface area (Å²) in [5.41, 5.74) is 0.644. The number of benzene rings is 4. The molecule has 4 aromatic rings. The van der Waals surface area contributed by atoms with Crippen molar-refractivity contribution in [3.8, 4) is 68.6 Å². The first kappa shape index (κ1) is 27.0. The second-order valence-corrected chi connectivity index (χ2v) is 10.3. The van der Waals surface area contributed by atoms with Crippen molar-refractivity contribution in [2.45, 2.75) is 37.3 Å². The molecule has 4 atom stereocenters. The zero-order chi connectivity index (χ0) is 30.0. The van der Waals surface area contributed by atoms with Gasteiger partial charge in [-0.25, -0.2) is 0 Å². The van der Waals surface area contributed by atoms with E-state index in [0.717, 1.165) is 24.3 Å². The molecule has 42 heavy (non-hydrogen) atoms. The van der Waals surface area contributed by atoms with Gasteiger partial charge < -0.3 is 60.5 Å². The van der Waals surface area contributed by atoms with Crippen molar-refractivity contribution in [3.63, 3.8) is 0 Å². The van der Waals surface area contributed by atoms with Crippen LogP contribution in [0.4, 0.5) is 0 Å². The Morgan fingerprint density at radius 1 is 0.548 bits per heavy atom. The summed E-state index contributed by atoms with van der Waals surface area (Å²) in [6.07, 6.45) is -5.18. The highest BCUT2D eigenvalue weighted by atomic mass is 16.5. The van der Waals surface area contributed by atoms with Crippen molar-refractivity contribution < 1.29 is 60.5 Å². The zero-order valence-corrected chi connectivity index (χ0v) is 21.6. The third-order valence-corrected chi connectivity index (χ3v) is 7.58. The Hall–Kier alpha value is -5.20. The first-order valence-electron chi connectivity index (χ1n) is 12.8. The average Bonchev–Trinajstić information content (AvgIpc) is 2.92. The molecule has 0 aliphatic carbocycles. The third kappa shape index (κ3) is 4.33. The largest absolute Gasteiger partial charge is 0.508 e. The molecule has 0 fully saturated rings. The minimum Gasteiger partial charge on any atom is -0.508 e. The number of aliphatic hydroxyl groups excluding tert-OH is 2. The number of ether oxygens (including phenoxy) is 2. The molecule has 218 valence electrons. The highest BCUT2D eigenvalue weighted by Gasteiger charge is 2.39. The van der Waals surface area contributed by atoms with Gasteiger partial charge in [0.1, 0.15) is 40.6 Å². The van der Waals surface area contributed by atoms with E-state index in [0.29, 0.717) is 0 Å². The number of aliphatic hydroxyl groups is 2. The highest BCUT2D eigenvalue weighted by molar-refractivity contribution is 5.84. The summed E-state index contributed by atoms with van der Waals surface area (Å²) in [6, 6.07) is 9.43. The van der Waals surface area contributed by atoms with E-state index in [1.54, 1.807) is 0 Å². The Balaban J connectivity index is 1.52. The molecule has 2 aliphatic rings. The molecule has 12 heteroatoms. The average molecular weight is 579 g/mol. The summed E-state index contributed by atoms with van der Waals surface area (Å²) in [7, 11) is 0. The van der Waals surface area contributed by atoms with Crippen LogP contribution in [-0.4, -0.2) is 63.3 Å². The van der Waals surface area contributed by atoms with Gasteiger partial charge >= 0.3 is 0 Å². The van der Waals surface area contributed by atoms with E-state index in [2.05, 4.69) is 0 Å². The van der Waals surface area contributed by atoms with E-state index in [-0.39, 0.29) is 75.0 Å². The van der Waals surface area contributed by atoms with Gasteiger partial charge in [-0.15, -0.1) is 0 Å². The second kappa shape index (κ2) is 9.72. The Bertz CT molecular complexity index is 1730. The minimum absolute atomic E-state index is 0.0274. The first-order valence-corrected chi connectivity index (χ1v) is 12.8. The van der Waals surface area contributed by atoms with Gasteiger partial charge in [0, 0.05) is 53.3 Å². The monoisotopic (exact) mass is 578 g/mol. The van der Waals surface area contributed by atoms with Gasteiger partial charge in [-0.3, -0.25) is 0 Å². The molecule has 0 radical (unpaired) electrons. The molecule has 0 spiro atoms. The number of fused-ring (bicyclic) bond motifs is 2. The van der Waals surface area contributed by atoms with Crippen molar-refractivity contribution in [2.75, 3.05) is 0 Å². The van der Waals surface area contributed by atoms with Gasteiger partial charge in [-0.2, -0.15) is 0 Å². The van der Waals surface area contributed by atoms with Crippen LogP contribution in [0.1, 0.15) is 34.5 Å². The van der Waals surface area contributed by atoms with Crippen molar-refractivity contribution in [1.82, 2.24) is 0 Å². The molecule has 0 amide bonds. The summed E-state index contributed by atoms with van der Waals surface area (Å²) >= 11 is 0. The lowest BCUT2D eigenvalue weighted by atomic mass is 9.85. The van der Waals surface area contributed by atoms with E-state index in [1.165, 1.54) is 24.3 Å². The molecule has 0 bridgehead atoms. The molecule has 0 saturated heterocycles. The van der Waals surface area contributed by atoms with E-state index in [4.69, 9.17) is 9.47 Å². The maximum atomic E-state index is 11.1. The Morgan fingerprint density at radius 2 is 1.19 bits per heavy atom. The van der Waals surface area contributed by atoms with Crippen LogP contribution >= 0.6 is 0 Å². The van der Waals surface area contributed by atoms with Gasteiger partial charge in [-0.1, -0.05) is 6.07 Å².